The number of rotatable bonds is 3. The minimum Gasteiger partial charge on any atom is -0.483 e. The Morgan fingerprint density at radius 2 is 2.28 bits per heavy atom. The summed E-state index contributed by atoms with van der Waals surface area (Å²) in [6, 6.07) is 5.24. The van der Waals surface area contributed by atoms with Gasteiger partial charge in [-0.1, -0.05) is 23.5 Å². The highest BCUT2D eigenvalue weighted by Gasteiger charge is 2.28. The number of thiazole rings is 1. The van der Waals surface area contributed by atoms with E-state index < -0.39 is 0 Å². The number of carbonyl (C=O) groups excluding carboxylic acids is 1. The largest absolute Gasteiger partial charge is 0.483 e. The third-order valence-electron chi connectivity index (χ3n) is 4.05. The lowest BCUT2D eigenvalue weighted by Gasteiger charge is -2.15. The number of amides is 1. The van der Waals surface area contributed by atoms with E-state index in [0.717, 1.165) is 31.5 Å². The summed E-state index contributed by atoms with van der Waals surface area (Å²) in [5, 5.41) is 7.31. The zero-order valence-electron chi connectivity index (χ0n) is 13.8. The first kappa shape index (κ1) is 18.9. The van der Waals surface area contributed by atoms with Gasteiger partial charge in [-0.05, 0) is 42.9 Å². The Kier molecular flexibility index (Phi) is 6.46. The van der Waals surface area contributed by atoms with Crippen molar-refractivity contribution in [2.75, 3.05) is 18.8 Å². The van der Waals surface area contributed by atoms with E-state index in [1.54, 1.807) is 13.1 Å². The molecule has 2 heterocycles. The van der Waals surface area contributed by atoms with Gasteiger partial charge in [-0.25, -0.2) is 9.37 Å². The number of halogens is 1. The molecule has 1 aliphatic heterocycles. The van der Waals surface area contributed by atoms with Gasteiger partial charge in [-0.3, -0.25) is 9.59 Å². The van der Waals surface area contributed by atoms with Gasteiger partial charge in [0.05, 0.1) is 6.20 Å². The Morgan fingerprint density at radius 3 is 2.88 bits per heavy atom. The summed E-state index contributed by atoms with van der Waals surface area (Å²) in [6.45, 7) is 3.01. The summed E-state index contributed by atoms with van der Waals surface area (Å²) in [4.78, 5) is 27.1. The van der Waals surface area contributed by atoms with Gasteiger partial charge in [-0.15, -0.1) is 0 Å². The van der Waals surface area contributed by atoms with Crippen LogP contribution in [0.3, 0.4) is 0 Å². The maximum atomic E-state index is 13.3. The molecule has 1 amide bonds. The van der Waals surface area contributed by atoms with Crippen LogP contribution in [0.25, 0.3) is 0 Å². The van der Waals surface area contributed by atoms with Crippen molar-refractivity contribution < 1.29 is 19.1 Å². The molecule has 0 saturated carbocycles. The van der Waals surface area contributed by atoms with E-state index >= 15 is 0 Å². The molecule has 0 bridgehead atoms. The maximum Gasteiger partial charge on any atom is 0.290 e. The van der Waals surface area contributed by atoms with E-state index in [0.29, 0.717) is 21.5 Å². The van der Waals surface area contributed by atoms with E-state index in [-0.39, 0.29) is 18.2 Å². The average Bonchev–Trinajstić information content (AvgIpc) is 3.20. The molecular formula is C17H20FN3O3S. The molecule has 1 saturated heterocycles. The number of carboxylic acid groups (broad SMARTS) is 1. The van der Waals surface area contributed by atoms with Gasteiger partial charge in [0.15, 0.2) is 5.13 Å². The van der Waals surface area contributed by atoms with Crippen LogP contribution in [0.5, 0.6) is 0 Å². The Hall–Kier alpha value is -2.48. The third-order valence-corrected chi connectivity index (χ3v) is 4.87. The highest BCUT2D eigenvalue weighted by atomic mass is 32.1. The van der Waals surface area contributed by atoms with E-state index in [9.17, 15) is 9.18 Å². The minimum atomic E-state index is -0.250. The summed E-state index contributed by atoms with van der Waals surface area (Å²) in [5.41, 5.74) is 7.37. The number of hydrogen-bond donors (Lipinski definition) is 2. The quantitative estimate of drug-likeness (QED) is 0.815. The second-order valence-electron chi connectivity index (χ2n) is 5.86. The molecule has 6 nitrogen and oxygen atoms in total. The number of hydrogen-bond acceptors (Lipinski definition) is 5. The van der Waals surface area contributed by atoms with Crippen molar-refractivity contribution in [3.63, 3.8) is 0 Å². The van der Waals surface area contributed by atoms with Crippen molar-refractivity contribution in [1.29, 1.82) is 0 Å². The van der Waals surface area contributed by atoms with Crippen LogP contribution in [-0.4, -0.2) is 40.5 Å². The number of anilines is 1. The van der Waals surface area contributed by atoms with Crippen molar-refractivity contribution >= 4 is 28.8 Å². The van der Waals surface area contributed by atoms with Crippen molar-refractivity contribution in [3.8, 4) is 0 Å². The van der Waals surface area contributed by atoms with Gasteiger partial charge in [-0.2, -0.15) is 0 Å². The molecule has 1 atom stereocenters. The number of benzene rings is 1. The Bertz CT molecular complexity index is 750. The Labute approximate surface area is 149 Å². The molecular weight excluding hydrogens is 345 g/mol. The van der Waals surface area contributed by atoms with Crippen LogP contribution in [0.4, 0.5) is 9.52 Å². The summed E-state index contributed by atoms with van der Waals surface area (Å²) < 4.78 is 13.3. The van der Waals surface area contributed by atoms with Crippen LogP contribution in [-0.2, 0) is 11.2 Å². The van der Waals surface area contributed by atoms with Crippen LogP contribution >= 0.6 is 11.3 Å². The molecule has 1 fully saturated rings. The van der Waals surface area contributed by atoms with Crippen LogP contribution in [0.15, 0.2) is 24.4 Å². The summed E-state index contributed by atoms with van der Waals surface area (Å²) >= 11 is 1.23. The van der Waals surface area contributed by atoms with Crippen molar-refractivity contribution in [2.45, 2.75) is 19.8 Å². The molecule has 134 valence electrons. The number of likely N-dealkylation sites (tertiary alicyclic amines) is 1. The van der Waals surface area contributed by atoms with E-state index in [1.165, 1.54) is 17.4 Å². The third kappa shape index (κ3) is 4.99. The molecule has 2 aromatic rings. The molecule has 0 radical (unpaired) electrons. The standard InChI is InChI=1S/C16H18FN3OS.CH2O2/c1-10-6-11(2-3-13(10)17)7-12-4-5-20(9-12)15(21)14-8-19-16(18)22-14;2-1-3/h2-3,6,8,12H,4-5,7,9H2,1H3,(H2,18,19);1H,(H,2,3). The van der Waals surface area contributed by atoms with Gasteiger partial charge in [0.2, 0.25) is 0 Å². The van der Waals surface area contributed by atoms with E-state index in [1.807, 2.05) is 17.0 Å². The molecule has 1 aromatic heterocycles. The van der Waals surface area contributed by atoms with Crippen LogP contribution in [0.2, 0.25) is 0 Å². The smallest absolute Gasteiger partial charge is 0.290 e. The predicted molar refractivity (Wildman–Crippen MR) is 94.1 cm³/mol. The lowest BCUT2D eigenvalue weighted by atomic mass is 9.97. The second kappa shape index (κ2) is 8.57. The highest BCUT2D eigenvalue weighted by molar-refractivity contribution is 7.17. The van der Waals surface area contributed by atoms with Crippen LogP contribution < -0.4 is 5.73 Å². The summed E-state index contributed by atoms with van der Waals surface area (Å²) in [5.74, 6) is 0.251. The van der Waals surface area contributed by atoms with Crippen molar-refractivity contribution in [2.24, 2.45) is 5.92 Å². The maximum absolute atomic E-state index is 13.3. The fraction of sp³-hybridized carbons (Fsp3) is 0.353. The zero-order chi connectivity index (χ0) is 18.4. The van der Waals surface area contributed by atoms with Crippen molar-refractivity contribution in [3.05, 3.63) is 46.2 Å². The van der Waals surface area contributed by atoms with Gasteiger partial charge in [0, 0.05) is 13.1 Å². The Morgan fingerprint density at radius 1 is 1.56 bits per heavy atom. The molecule has 1 aromatic carbocycles. The first-order valence-electron chi connectivity index (χ1n) is 7.78. The first-order valence-corrected chi connectivity index (χ1v) is 8.59. The zero-order valence-corrected chi connectivity index (χ0v) is 14.6. The topological polar surface area (TPSA) is 96.5 Å². The average molecular weight is 365 g/mol. The fourth-order valence-corrected chi connectivity index (χ4v) is 3.55. The lowest BCUT2D eigenvalue weighted by molar-refractivity contribution is -0.122. The molecule has 25 heavy (non-hydrogen) atoms. The summed E-state index contributed by atoms with van der Waals surface area (Å²) in [6.07, 6.45) is 3.38. The molecule has 8 heteroatoms. The van der Waals surface area contributed by atoms with E-state index in [4.69, 9.17) is 15.6 Å². The Balaban J connectivity index is 0.000000701. The van der Waals surface area contributed by atoms with Crippen molar-refractivity contribution in [1.82, 2.24) is 9.88 Å². The molecule has 1 unspecified atom stereocenters. The molecule has 0 spiro atoms. The second-order valence-corrected chi connectivity index (χ2v) is 6.92. The molecule has 3 rings (SSSR count). The normalized spacial score (nSPS) is 16.2. The number of nitrogen functional groups attached to an aromatic ring is 1. The number of aromatic nitrogens is 1. The van der Waals surface area contributed by atoms with Gasteiger partial charge in [0.25, 0.3) is 12.4 Å². The molecule has 1 aliphatic rings. The fourth-order valence-electron chi connectivity index (χ4n) is 2.89. The summed E-state index contributed by atoms with van der Waals surface area (Å²) in [7, 11) is 0. The number of nitrogens with two attached hydrogens (primary N) is 1. The first-order chi connectivity index (χ1) is 11.9. The van der Waals surface area contributed by atoms with Crippen LogP contribution in [0.1, 0.15) is 27.2 Å². The van der Waals surface area contributed by atoms with Gasteiger partial charge in [0.1, 0.15) is 10.7 Å². The monoisotopic (exact) mass is 365 g/mol. The van der Waals surface area contributed by atoms with Crippen LogP contribution in [0, 0.1) is 18.7 Å². The number of carbonyl (C=O) groups is 2. The van der Waals surface area contributed by atoms with E-state index in [2.05, 4.69) is 4.98 Å². The van der Waals surface area contributed by atoms with Gasteiger partial charge >= 0.3 is 0 Å². The highest BCUT2D eigenvalue weighted by Crippen LogP contribution is 2.25. The molecule has 3 N–H and O–H groups in total. The SMILES string of the molecule is Cc1cc(CC2CCN(C(=O)c3cnc(N)s3)C2)ccc1F.O=CO. The molecule has 0 aliphatic carbocycles. The number of nitrogens with zero attached hydrogens (tertiary/aromatic N) is 2. The minimum absolute atomic E-state index is 0.00647. The van der Waals surface area contributed by atoms with Gasteiger partial charge < -0.3 is 15.7 Å². The predicted octanol–water partition coefficient (Wildman–Crippen LogP) is 2.58. The number of aryl methyl sites for hydroxylation is 1. The lowest BCUT2D eigenvalue weighted by Crippen LogP contribution is -2.28.